The Balaban J connectivity index is 2.12. The van der Waals surface area contributed by atoms with Crippen molar-refractivity contribution >= 4 is 11.7 Å². The largest absolute Gasteiger partial charge is 0.393 e. The van der Waals surface area contributed by atoms with E-state index in [-0.39, 0.29) is 29.4 Å². The summed E-state index contributed by atoms with van der Waals surface area (Å²) in [6, 6.07) is 8.05. The van der Waals surface area contributed by atoms with Gasteiger partial charge in [-0.15, -0.1) is 0 Å². The molecule has 1 aromatic carbocycles. The summed E-state index contributed by atoms with van der Waals surface area (Å²) in [5.74, 6) is 0.0565. The lowest BCUT2D eigenvalue weighted by Gasteiger charge is -2.30. The van der Waals surface area contributed by atoms with Crippen molar-refractivity contribution in [2.24, 2.45) is 0 Å². The number of anilines is 1. The highest BCUT2D eigenvalue weighted by Crippen LogP contribution is 2.36. The molecule has 2 N–H and O–H groups in total. The van der Waals surface area contributed by atoms with Crippen LogP contribution in [0.4, 0.5) is 19.0 Å². The number of nitrogens with two attached hydrogens (primary N) is 1. The molecule has 0 spiro atoms. The molecule has 152 valence electrons. The van der Waals surface area contributed by atoms with E-state index in [2.05, 4.69) is 4.98 Å². The van der Waals surface area contributed by atoms with Crippen LogP contribution in [-0.4, -0.2) is 28.5 Å². The van der Waals surface area contributed by atoms with Crippen molar-refractivity contribution in [1.82, 2.24) is 9.88 Å². The molecular formula is C21H21F3N4O. The molecule has 29 heavy (non-hydrogen) atoms. The average molecular weight is 402 g/mol. The van der Waals surface area contributed by atoms with Gasteiger partial charge in [-0.3, -0.25) is 4.79 Å². The monoisotopic (exact) mass is 402 g/mol. The van der Waals surface area contributed by atoms with Crippen molar-refractivity contribution in [2.45, 2.75) is 45.3 Å². The zero-order valence-electron chi connectivity index (χ0n) is 16.0. The molecule has 0 aliphatic carbocycles. The molecule has 1 aliphatic heterocycles. The summed E-state index contributed by atoms with van der Waals surface area (Å²) in [4.78, 5) is 18.4. The van der Waals surface area contributed by atoms with Gasteiger partial charge in [0, 0.05) is 37.1 Å². The van der Waals surface area contributed by atoms with Gasteiger partial charge in [-0.1, -0.05) is 31.2 Å². The van der Waals surface area contributed by atoms with E-state index in [1.807, 2.05) is 13.0 Å². The molecule has 5 nitrogen and oxygen atoms in total. The van der Waals surface area contributed by atoms with Gasteiger partial charge in [0.1, 0.15) is 17.5 Å². The Morgan fingerprint density at radius 3 is 2.79 bits per heavy atom. The molecule has 3 rings (SSSR count). The lowest BCUT2D eigenvalue weighted by atomic mass is 9.90. The van der Waals surface area contributed by atoms with Crippen molar-refractivity contribution in [3.63, 3.8) is 0 Å². The predicted octanol–water partition coefficient (Wildman–Crippen LogP) is 3.99. The minimum Gasteiger partial charge on any atom is -0.383 e. The van der Waals surface area contributed by atoms with Gasteiger partial charge in [-0.05, 0) is 17.5 Å². The van der Waals surface area contributed by atoms with E-state index in [1.54, 1.807) is 11.0 Å². The lowest BCUT2D eigenvalue weighted by molar-refractivity contribution is -0.132. The van der Waals surface area contributed by atoms with E-state index in [1.165, 1.54) is 18.2 Å². The Morgan fingerprint density at radius 2 is 2.14 bits per heavy atom. The summed E-state index contributed by atoms with van der Waals surface area (Å²) in [6.45, 7) is 2.68. The molecule has 1 aliphatic rings. The maximum atomic E-state index is 12.8. The SMILES string of the molecule is CCCC(=O)N1CCc2nc(N)c(C#N)c(-c3cccc(CC(F)(F)F)c3)c2C1. The number of hydrogen-bond donors (Lipinski definition) is 1. The topological polar surface area (TPSA) is 83.0 Å². The zero-order valence-corrected chi connectivity index (χ0v) is 16.0. The Hall–Kier alpha value is -3.08. The molecule has 0 unspecified atom stereocenters. The predicted molar refractivity (Wildman–Crippen MR) is 103 cm³/mol. The van der Waals surface area contributed by atoms with Gasteiger partial charge in [0.05, 0.1) is 12.1 Å². The number of benzene rings is 1. The number of amides is 1. The Labute approximate surface area is 167 Å². The molecule has 0 radical (unpaired) electrons. The van der Waals surface area contributed by atoms with Gasteiger partial charge in [-0.2, -0.15) is 18.4 Å². The second-order valence-corrected chi connectivity index (χ2v) is 7.09. The highest BCUT2D eigenvalue weighted by atomic mass is 19.4. The average Bonchev–Trinajstić information content (AvgIpc) is 2.65. The molecule has 0 saturated carbocycles. The molecule has 0 bridgehead atoms. The number of nitriles is 1. The van der Waals surface area contributed by atoms with Gasteiger partial charge in [-0.25, -0.2) is 4.98 Å². The second-order valence-electron chi connectivity index (χ2n) is 7.09. The van der Waals surface area contributed by atoms with Gasteiger partial charge in [0.15, 0.2) is 0 Å². The number of nitrogen functional groups attached to an aromatic ring is 1. The third kappa shape index (κ3) is 4.50. The highest BCUT2D eigenvalue weighted by Gasteiger charge is 2.29. The van der Waals surface area contributed by atoms with Gasteiger partial charge < -0.3 is 10.6 Å². The summed E-state index contributed by atoms with van der Waals surface area (Å²) in [6.07, 6.45) is -3.78. The van der Waals surface area contributed by atoms with Gasteiger partial charge in [0.2, 0.25) is 5.91 Å². The molecule has 2 aromatic rings. The van der Waals surface area contributed by atoms with Crippen molar-refractivity contribution in [3.8, 4) is 17.2 Å². The number of hydrogen-bond acceptors (Lipinski definition) is 4. The summed E-state index contributed by atoms with van der Waals surface area (Å²) in [7, 11) is 0. The van der Waals surface area contributed by atoms with E-state index in [0.717, 1.165) is 6.42 Å². The first-order valence-electron chi connectivity index (χ1n) is 9.38. The summed E-state index contributed by atoms with van der Waals surface area (Å²) >= 11 is 0. The Morgan fingerprint density at radius 1 is 1.38 bits per heavy atom. The van der Waals surface area contributed by atoms with Crippen LogP contribution in [0.2, 0.25) is 0 Å². The van der Waals surface area contributed by atoms with E-state index < -0.39 is 12.6 Å². The van der Waals surface area contributed by atoms with Crippen LogP contribution >= 0.6 is 0 Å². The van der Waals surface area contributed by atoms with E-state index in [4.69, 9.17) is 5.73 Å². The molecule has 8 heteroatoms. The number of alkyl halides is 3. The summed E-state index contributed by atoms with van der Waals surface area (Å²) in [5, 5.41) is 9.65. The highest BCUT2D eigenvalue weighted by molar-refractivity contribution is 5.81. The van der Waals surface area contributed by atoms with Crippen LogP contribution in [0.15, 0.2) is 24.3 Å². The van der Waals surface area contributed by atoms with Gasteiger partial charge in [0.25, 0.3) is 0 Å². The van der Waals surface area contributed by atoms with Crippen LogP contribution in [0, 0.1) is 11.3 Å². The van der Waals surface area contributed by atoms with Crippen LogP contribution in [0.25, 0.3) is 11.1 Å². The number of rotatable bonds is 4. The van der Waals surface area contributed by atoms with Crippen LogP contribution in [0.5, 0.6) is 0 Å². The third-order valence-corrected chi connectivity index (χ3v) is 4.93. The minimum atomic E-state index is -4.34. The van der Waals surface area contributed by atoms with Crippen LogP contribution in [-0.2, 0) is 24.2 Å². The number of halogens is 3. The van der Waals surface area contributed by atoms with E-state index in [9.17, 15) is 23.2 Å². The fourth-order valence-electron chi connectivity index (χ4n) is 3.66. The van der Waals surface area contributed by atoms with Crippen molar-refractivity contribution in [1.29, 1.82) is 5.26 Å². The zero-order chi connectivity index (χ0) is 21.2. The summed E-state index contributed by atoms with van der Waals surface area (Å²) < 4.78 is 38.5. The van der Waals surface area contributed by atoms with E-state index >= 15 is 0 Å². The molecule has 0 atom stereocenters. The van der Waals surface area contributed by atoms with Crippen LogP contribution in [0.1, 0.15) is 42.1 Å². The van der Waals surface area contributed by atoms with E-state index in [0.29, 0.717) is 41.8 Å². The first-order valence-corrected chi connectivity index (χ1v) is 9.38. The molecule has 0 saturated heterocycles. The fourth-order valence-corrected chi connectivity index (χ4v) is 3.66. The molecular weight excluding hydrogens is 381 g/mol. The van der Waals surface area contributed by atoms with Gasteiger partial charge >= 0.3 is 6.18 Å². The first-order chi connectivity index (χ1) is 13.7. The number of fused-ring (bicyclic) bond motifs is 1. The minimum absolute atomic E-state index is 0.00487. The van der Waals surface area contributed by atoms with Crippen molar-refractivity contribution < 1.29 is 18.0 Å². The first kappa shape index (κ1) is 20.6. The van der Waals surface area contributed by atoms with Crippen molar-refractivity contribution in [3.05, 3.63) is 46.6 Å². The maximum absolute atomic E-state index is 12.8. The van der Waals surface area contributed by atoms with Crippen molar-refractivity contribution in [2.75, 3.05) is 12.3 Å². The molecule has 2 heterocycles. The quantitative estimate of drug-likeness (QED) is 0.838. The second kappa shape index (κ2) is 8.11. The molecule has 1 aromatic heterocycles. The van der Waals surface area contributed by atoms with Crippen LogP contribution in [0.3, 0.4) is 0 Å². The number of aromatic nitrogens is 1. The fraction of sp³-hybridized carbons (Fsp3) is 0.381. The lowest BCUT2D eigenvalue weighted by Crippen LogP contribution is -2.36. The number of carbonyl (C=O) groups is 1. The summed E-state index contributed by atoms with van der Waals surface area (Å²) in [5.41, 5.74) is 8.49. The molecule has 1 amide bonds. The van der Waals surface area contributed by atoms with Crippen LogP contribution < -0.4 is 5.73 Å². The number of pyridine rings is 1. The molecule has 0 fully saturated rings. The third-order valence-electron chi connectivity index (χ3n) is 4.93. The number of carbonyl (C=O) groups excluding carboxylic acids is 1. The Bertz CT molecular complexity index is 979. The standard InChI is InChI=1S/C21H21F3N4O/c1-2-4-18(29)28-8-7-17-16(12-28)19(15(11-25)20(26)27-17)14-6-3-5-13(9-14)10-21(22,23)24/h3,5-6,9H,2,4,7-8,10,12H2,1H3,(H2,26,27). The Kier molecular flexibility index (Phi) is 5.78. The number of nitrogens with zero attached hydrogens (tertiary/aromatic N) is 3. The normalized spacial score (nSPS) is 13.7. The smallest absolute Gasteiger partial charge is 0.383 e. The maximum Gasteiger partial charge on any atom is 0.393 e.